The molecule has 2 N–H and O–H groups in total. The molecule has 0 atom stereocenters. The normalized spacial score (nSPS) is 18.1. The third-order valence-electron chi connectivity index (χ3n) is 4.27. The molecule has 0 radical (unpaired) electrons. The van der Waals surface area contributed by atoms with Crippen molar-refractivity contribution in [3.8, 4) is 11.5 Å². The standard InChI is InChI=1S/C16H25NO2/c1-4-12-13(18-2)8-9-14(19-3)15(12)16(17)10-6-5-7-11-16/h8-9H,4-7,10-11,17H2,1-3H3. The van der Waals surface area contributed by atoms with Crippen molar-refractivity contribution in [2.24, 2.45) is 5.73 Å². The van der Waals surface area contributed by atoms with Gasteiger partial charge in [0.1, 0.15) is 11.5 Å². The number of hydrogen-bond donors (Lipinski definition) is 1. The van der Waals surface area contributed by atoms with Crippen LogP contribution in [0.25, 0.3) is 0 Å². The van der Waals surface area contributed by atoms with E-state index in [9.17, 15) is 0 Å². The van der Waals surface area contributed by atoms with Gasteiger partial charge in [0.2, 0.25) is 0 Å². The Morgan fingerprint density at radius 3 is 2.16 bits per heavy atom. The van der Waals surface area contributed by atoms with Gasteiger partial charge in [-0.1, -0.05) is 26.2 Å². The van der Waals surface area contributed by atoms with E-state index in [4.69, 9.17) is 15.2 Å². The summed E-state index contributed by atoms with van der Waals surface area (Å²) in [5, 5.41) is 0. The zero-order valence-electron chi connectivity index (χ0n) is 12.3. The summed E-state index contributed by atoms with van der Waals surface area (Å²) in [6.45, 7) is 2.15. The molecule has 0 aliphatic heterocycles. The topological polar surface area (TPSA) is 44.5 Å². The van der Waals surface area contributed by atoms with E-state index in [-0.39, 0.29) is 5.54 Å². The molecule has 0 saturated heterocycles. The van der Waals surface area contributed by atoms with Gasteiger partial charge in [0.15, 0.2) is 0 Å². The van der Waals surface area contributed by atoms with Crippen molar-refractivity contribution in [3.05, 3.63) is 23.3 Å². The molecule has 1 aliphatic carbocycles. The first-order valence-corrected chi connectivity index (χ1v) is 7.19. The summed E-state index contributed by atoms with van der Waals surface area (Å²) in [5.74, 6) is 1.83. The van der Waals surface area contributed by atoms with E-state index in [1.165, 1.54) is 24.8 Å². The Bertz CT molecular complexity index is 437. The second kappa shape index (κ2) is 5.83. The second-order valence-electron chi connectivity index (χ2n) is 5.39. The molecule has 1 aliphatic rings. The van der Waals surface area contributed by atoms with Gasteiger partial charge < -0.3 is 15.2 Å². The summed E-state index contributed by atoms with van der Waals surface area (Å²) in [7, 11) is 3.44. The quantitative estimate of drug-likeness (QED) is 0.905. The number of ether oxygens (including phenoxy) is 2. The van der Waals surface area contributed by atoms with Crippen molar-refractivity contribution >= 4 is 0 Å². The lowest BCUT2D eigenvalue weighted by atomic mass is 9.75. The van der Waals surface area contributed by atoms with E-state index in [1.807, 2.05) is 12.1 Å². The number of methoxy groups -OCH3 is 2. The predicted octanol–water partition coefficient (Wildman–Crippen LogP) is 3.38. The summed E-state index contributed by atoms with van der Waals surface area (Å²) in [6, 6.07) is 3.96. The summed E-state index contributed by atoms with van der Waals surface area (Å²) >= 11 is 0. The monoisotopic (exact) mass is 263 g/mol. The van der Waals surface area contributed by atoms with Crippen LogP contribution in [-0.4, -0.2) is 14.2 Å². The smallest absolute Gasteiger partial charge is 0.124 e. The van der Waals surface area contributed by atoms with Crippen LogP contribution in [0, 0.1) is 0 Å². The van der Waals surface area contributed by atoms with Crippen LogP contribution in [0.5, 0.6) is 11.5 Å². The Labute approximate surface area is 116 Å². The van der Waals surface area contributed by atoms with Gasteiger partial charge in [0, 0.05) is 16.7 Å². The third kappa shape index (κ3) is 2.57. The van der Waals surface area contributed by atoms with Crippen molar-refractivity contribution in [3.63, 3.8) is 0 Å². The summed E-state index contributed by atoms with van der Waals surface area (Å²) in [4.78, 5) is 0. The number of nitrogens with two attached hydrogens (primary N) is 1. The largest absolute Gasteiger partial charge is 0.496 e. The minimum atomic E-state index is -0.260. The highest BCUT2D eigenvalue weighted by Gasteiger charge is 2.35. The van der Waals surface area contributed by atoms with Crippen molar-refractivity contribution in [1.82, 2.24) is 0 Å². The fraction of sp³-hybridized carbons (Fsp3) is 0.625. The second-order valence-corrected chi connectivity index (χ2v) is 5.39. The maximum absolute atomic E-state index is 6.72. The van der Waals surface area contributed by atoms with Crippen LogP contribution in [-0.2, 0) is 12.0 Å². The molecular weight excluding hydrogens is 238 g/mol. The molecule has 0 aromatic heterocycles. The zero-order valence-corrected chi connectivity index (χ0v) is 12.3. The lowest BCUT2D eigenvalue weighted by Crippen LogP contribution is -2.40. The average Bonchev–Trinajstić information content (AvgIpc) is 2.46. The molecule has 106 valence electrons. The molecular formula is C16H25NO2. The van der Waals surface area contributed by atoms with E-state index in [0.717, 1.165) is 36.3 Å². The van der Waals surface area contributed by atoms with Crippen LogP contribution in [0.15, 0.2) is 12.1 Å². The van der Waals surface area contributed by atoms with Gasteiger partial charge >= 0.3 is 0 Å². The minimum absolute atomic E-state index is 0.260. The highest BCUT2D eigenvalue weighted by atomic mass is 16.5. The van der Waals surface area contributed by atoms with Gasteiger partial charge in [-0.25, -0.2) is 0 Å². The van der Waals surface area contributed by atoms with Crippen LogP contribution < -0.4 is 15.2 Å². The Balaban J connectivity index is 2.57. The minimum Gasteiger partial charge on any atom is -0.496 e. The van der Waals surface area contributed by atoms with Crippen LogP contribution in [0.3, 0.4) is 0 Å². The Kier molecular flexibility index (Phi) is 4.35. The lowest BCUT2D eigenvalue weighted by molar-refractivity contribution is 0.285. The Morgan fingerprint density at radius 2 is 1.63 bits per heavy atom. The van der Waals surface area contributed by atoms with Gasteiger partial charge in [0.25, 0.3) is 0 Å². The zero-order chi connectivity index (χ0) is 13.9. The Morgan fingerprint density at radius 1 is 1.05 bits per heavy atom. The van der Waals surface area contributed by atoms with Crippen molar-refractivity contribution < 1.29 is 9.47 Å². The van der Waals surface area contributed by atoms with Crippen LogP contribution in [0.1, 0.15) is 50.2 Å². The molecule has 3 nitrogen and oxygen atoms in total. The van der Waals surface area contributed by atoms with Crippen molar-refractivity contribution in [2.45, 2.75) is 51.0 Å². The first kappa shape index (κ1) is 14.2. The molecule has 1 saturated carbocycles. The van der Waals surface area contributed by atoms with Crippen LogP contribution >= 0.6 is 0 Å². The van der Waals surface area contributed by atoms with Crippen molar-refractivity contribution in [1.29, 1.82) is 0 Å². The van der Waals surface area contributed by atoms with Gasteiger partial charge in [-0.15, -0.1) is 0 Å². The average molecular weight is 263 g/mol. The van der Waals surface area contributed by atoms with E-state index in [0.29, 0.717) is 0 Å². The maximum Gasteiger partial charge on any atom is 0.124 e. The number of hydrogen-bond acceptors (Lipinski definition) is 3. The molecule has 1 fully saturated rings. The highest BCUT2D eigenvalue weighted by molar-refractivity contribution is 5.52. The van der Waals surface area contributed by atoms with E-state index in [2.05, 4.69) is 6.92 Å². The lowest BCUT2D eigenvalue weighted by Gasteiger charge is -2.36. The molecule has 1 aromatic rings. The molecule has 0 unspecified atom stereocenters. The van der Waals surface area contributed by atoms with Gasteiger partial charge in [0.05, 0.1) is 14.2 Å². The maximum atomic E-state index is 6.72. The van der Waals surface area contributed by atoms with E-state index in [1.54, 1.807) is 14.2 Å². The molecule has 3 heteroatoms. The van der Waals surface area contributed by atoms with Gasteiger partial charge in [-0.3, -0.25) is 0 Å². The fourth-order valence-electron chi connectivity index (χ4n) is 3.30. The van der Waals surface area contributed by atoms with Gasteiger partial charge in [-0.2, -0.15) is 0 Å². The number of benzene rings is 1. The van der Waals surface area contributed by atoms with E-state index < -0.39 is 0 Å². The van der Waals surface area contributed by atoms with E-state index >= 15 is 0 Å². The number of rotatable bonds is 4. The third-order valence-corrected chi connectivity index (χ3v) is 4.27. The van der Waals surface area contributed by atoms with Gasteiger partial charge in [-0.05, 0) is 31.4 Å². The van der Waals surface area contributed by atoms with Crippen LogP contribution in [0.2, 0.25) is 0 Å². The molecule has 19 heavy (non-hydrogen) atoms. The van der Waals surface area contributed by atoms with Crippen molar-refractivity contribution in [2.75, 3.05) is 14.2 Å². The fourth-order valence-corrected chi connectivity index (χ4v) is 3.30. The predicted molar refractivity (Wildman–Crippen MR) is 77.9 cm³/mol. The highest BCUT2D eigenvalue weighted by Crippen LogP contribution is 2.43. The molecule has 0 heterocycles. The molecule has 0 spiro atoms. The summed E-state index contributed by atoms with van der Waals surface area (Å²) in [6.07, 6.45) is 6.65. The Hall–Kier alpha value is -1.22. The molecule has 2 rings (SSSR count). The summed E-state index contributed by atoms with van der Waals surface area (Å²) < 4.78 is 11.1. The van der Waals surface area contributed by atoms with Crippen LogP contribution in [0.4, 0.5) is 0 Å². The summed E-state index contributed by atoms with van der Waals surface area (Å²) in [5.41, 5.74) is 8.82. The molecule has 0 amide bonds. The molecule has 0 bridgehead atoms. The molecule has 1 aromatic carbocycles. The first-order chi connectivity index (χ1) is 9.16. The first-order valence-electron chi connectivity index (χ1n) is 7.19. The SMILES string of the molecule is CCc1c(OC)ccc(OC)c1C1(N)CCCCC1.